The highest BCUT2D eigenvalue weighted by molar-refractivity contribution is 7.17. The maximum Gasteiger partial charge on any atom is 0.310 e. The molecule has 0 radical (unpaired) electrons. The molecular formula is C13H9N3O4S. The summed E-state index contributed by atoms with van der Waals surface area (Å²) < 4.78 is 5.94. The molecule has 0 spiro atoms. The number of rotatable bonds is 4. The van der Waals surface area contributed by atoms with Crippen LogP contribution in [0.25, 0.3) is 10.2 Å². The van der Waals surface area contributed by atoms with E-state index < -0.39 is 4.92 Å². The quantitative estimate of drug-likeness (QED) is 0.589. The average Bonchev–Trinajstić information content (AvgIpc) is 2.94. The minimum atomic E-state index is -0.520. The first kappa shape index (κ1) is 13.3. The molecule has 0 saturated heterocycles. The summed E-state index contributed by atoms with van der Waals surface area (Å²) in [5.74, 6) is 0.458. The van der Waals surface area contributed by atoms with E-state index in [1.54, 1.807) is 23.6 Å². The molecule has 0 atom stereocenters. The van der Waals surface area contributed by atoms with Crippen LogP contribution in [0.15, 0.2) is 40.5 Å². The van der Waals surface area contributed by atoms with Crippen LogP contribution in [0.2, 0.25) is 0 Å². The number of aromatic amines is 1. The Morgan fingerprint density at radius 2 is 2.14 bits per heavy atom. The van der Waals surface area contributed by atoms with E-state index in [1.165, 1.54) is 23.5 Å². The van der Waals surface area contributed by atoms with Gasteiger partial charge in [-0.05, 0) is 17.5 Å². The first-order chi connectivity index (χ1) is 10.1. The predicted molar refractivity (Wildman–Crippen MR) is 77.7 cm³/mol. The van der Waals surface area contributed by atoms with E-state index in [9.17, 15) is 14.9 Å². The third-order valence-corrected chi connectivity index (χ3v) is 3.69. The number of nitrogens with one attached hydrogen (secondary N) is 1. The number of hydrogen-bond donors (Lipinski definition) is 1. The zero-order chi connectivity index (χ0) is 14.8. The third kappa shape index (κ3) is 2.61. The molecule has 0 aliphatic carbocycles. The van der Waals surface area contributed by atoms with Gasteiger partial charge in [-0.15, -0.1) is 11.3 Å². The fraction of sp³-hybridized carbons (Fsp3) is 0.0769. The topological polar surface area (TPSA) is 98.1 Å². The molecule has 0 aliphatic rings. The van der Waals surface area contributed by atoms with Crippen molar-refractivity contribution >= 4 is 27.2 Å². The van der Waals surface area contributed by atoms with E-state index in [0.717, 1.165) is 0 Å². The molecule has 1 aromatic carbocycles. The fourth-order valence-corrected chi connectivity index (χ4v) is 2.59. The number of nitrogens with zero attached hydrogens (tertiary/aromatic N) is 2. The van der Waals surface area contributed by atoms with Gasteiger partial charge in [0.2, 0.25) is 0 Å². The van der Waals surface area contributed by atoms with Gasteiger partial charge in [-0.1, -0.05) is 12.1 Å². The Morgan fingerprint density at radius 3 is 2.95 bits per heavy atom. The Balaban J connectivity index is 1.87. The van der Waals surface area contributed by atoms with Gasteiger partial charge in [0.1, 0.15) is 17.1 Å². The van der Waals surface area contributed by atoms with Crippen LogP contribution in [0.5, 0.6) is 5.75 Å². The number of ether oxygens (including phenoxy) is 1. The molecule has 1 N–H and O–H groups in total. The van der Waals surface area contributed by atoms with Crippen molar-refractivity contribution < 1.29 is 9.66 Å². The minimum absolute atomic E-state index is 0.0497. The molecule has 0 amide bonds. The van der Waals surface area contributed by atoms with Gasteiger partial charge in [-0.2, -0.15) is 0 Å². The molecule has 0 bridgehead atoms. The smallest absolute Gasteiger partial charge is 0.310 e. The predicted octanol–water partition coefficient (Wildman–Crippen LogP) is 2.47. The summed E-state index contributed by atoms with van der Waals surface area (Å²) in [4.78, 5) is 29.0. The molecule has 106 valence electrons. The SMILES string of the molecule is O=c1[nH]c(COc2ccccc2[N+](=O)[O-])nc2ccsc12. The van der Waals surface area contributed by atoms with E-state index in [2.05, 4.69) is 9.97 Å². The number of H-pyrrole nitrogens is 1. The Bertz CT molecular complexity index is 871. The van der Waals surface area contributed by atoms with Crippen LogP contribution in [-0.2, 0) is 6.61 Å². The first-order valence-electron chi connectivity index (χ1n) is 5.98. The molecule has 0 saturated carbocycles. The molecule has 0 aliphatic heterocycles. The zero-order valence-corrected chi connectivity index (χ0v) is 11.4. The lowest BCUT2D eigenvalue weighted by molar-refractivity contribution is -0.385. The Kier molecular flexibility index (Phi) is 3.36. The molecule has 0 fully saturated rings. The van der Waals surface area contributed by atoms with Crippen molar-refractivity contribution in [1.29, 1.82) is 0 Å². The van der Waals surface area contributed by atoms with E-state index in [-0.39, 0.29) is 23.6 Å². The number of fused-ring (bicyclic) bond motifs is 1. The van der Waals surface area contributed by atoms with Crippen LogP contribution in [0.4, 0.5) is 5.69 Å². The van der Waals surface area contributed by atoms with Crippen molar-refractivity contribution in [2.45, 2.75) is 6.61 Å². The number of hydrogen-bond acceptors (Lipinski definition) is 6. The van der Waals surface area contributed by atoms with Crippen LogP contribution < -0.4 is 10.3 Å². The summed E-state index contributed by atoms with van der Waals surface area (Å²) in [5.41, 5.74) is 0.220. The molecular weight excluding hydrogens is 294 g/mol. The normalized spacial score (nSPS) is 10.7. The van der Waals surface area contributed by atoms with Crippen molar-refractivity contribution in [1.82, 2.24) is 9.97 Å². The Morgan fingerprint density at radius 1 is 1.33 bits per heavy atom. The molecule has 3 rings (SSSR count). The average molecular weight is 303 g/mol. The second-order valence-corrected chi connectivity index (χ2v) is 5.08. The van der Waals surface area contributed by atoms with E-state index in [0.29, 0.717) is 16.0 Å². The molecule has 3 aromatic rings. The van der Waals surface area contributed by atoms with Crippen LogP contribution >= 0.6 is 11.3 Å². The monoisotopic (exact) mass is 303 g/mol. The van der Waals surface area contributed by atoms with Crippen molar-refractivity contribution in [3.63, 3.8) is 0 Å². The molecule has 0 unspecified atom stereocenters. The van der Waals surface area contributed by atoms with Crippen LogP contribution in [-0.4, -0.2) is 14.9 Å². The standard InChI is InChI=1S/C13H9N3O4S/c17-13-12-8(5-6-21-12)14-11(15-13)7-20-10-4-2-1-3-9(10)16(18)19/h1-6H,7H2,(H,14,15,17). The van der Waals surface area contributed by atoms with Gasteiger partial charge in [-0.25, -0.2) is 4.98 Å². The third-order valence-electron chi connectivity index (χ3n) is 2.79. The summed E-state index contributed by atoms with van der Waals surface area (Å²) in [5, 5.41) is 12.7. The van der Waals surface area contributed by atoms with E-state index >= 15 is 0 Å². The van der Waals surface area contributed by atoms with Crippen molar-refractivity contribution in [2.75, 3.05) is 0 Å². The summed E-state index contributed by atoms with van der Waals surface area (Å²) >= 11 is 1.31. The van der Waals surface area contributed by atoms with Crippen LogP contribution in [0, 0.1) is 10.1 Å². The lowest BCUT2D eigenvalue weighted by Crippen LogP contribution is -2.12. The second kappa shape index (κ2) is 5.33. The molecule has 8 heteroatoms. The maximum absolute atomic E-state index is 11.8. The van der Waals surface area contributed by atoms with Gasteiger partial charge < -0.3 is 9.72 Å². The largest absolute Gasteiger partial charge is 0.479 e. The highest BCUT2D eigenvalue weighted by Crippen LogP contribution is 2.26. The number of thiophene rings is 1. The van der Waals surface area contributed by atoms with Crippen LogP contribution in [0.3, 0.4) is 0 Å². The summed E-state index contributed by atoms with van der Waals surface area (Å²) in [6, 6.07) is 7.79. The number of benzene rings is 1. The molecule has 7 nitrogen and oxygen atoms in total. The van der Waals surface area contributed by atoms with E-state index in [1.807, 2.05) is 0 Å². The van der Waals surface area contributed by atoms with Gasteiger partial charge in [0, 0.05) is 6.07 Å². The molecule has 2 aromatic heterocycles. The fourth-order valence-electron chi connectivity index (χ4n) is 1.87. The first-order valence-corrected chi connectivity index (χ1v) is 6.86. The van der Waals surface area contributed by atoms with Gasteiger partial charge >= 0.3 is 5.69 Å². The number of nitro benzene ring substituents is 1. The lowest BCUT2D eigenvalue weighted by Gasteiger charge is -2.06. The lowest BCUT2D eigenvalue weighted by atomic mass is 10.3. The second-order valence-electron chi connectivity index (χ2n) is 4.16. The molecule has 21 heavy (non-hydrogen) atoms. The van der Waals surface area contributed by atoms with Crippen molar-refractivity contribution in [2.24, 2.45) is 0 Å². The Labute approximate surface area is 122 Å². The number of aromatic nitrogens is 2. The van der Waals surface area contributed by atoms with E-state index in [4.69, 9.17) is 4.74 Å². The van der Waals surface area contributed by atoms with Crippen molar-refractivity contribution in [3.8, 4) is 5.75 Å². The van der Waals surface area contributed by atoms with Gasteiger partial charge in [0.25, 0.3) is 5.56 Å². The zero-order valence-electron chi connectivity index (χ0n) is 10.6. The minimum Gasteiger partial charge on any atom is -0.479 e. The van der Waals surface area contributed by atoms with Gasteiger partial charge in [-0.3, -0.25) is 14.9 Å². The summed E-state index contributed by atoms with van der Waals surface area (Å²) in [7, 11) is 0. The maximum atomic E-state index is 11.8. The highest BCUT2D eigenvalue weighted by Gasteiger charge is 2.14. The highest BCUT2D eigenvalue weighted by atomic mass is 32.1. The van der Waals surface area contributed by atoms with Crippen LogP contribution in [0.1, 0.15) is 5.82 Å². The van der Waals surface area contributed by atoms with Gasteiger partial charge in [0.05, 0.1) is 10.4 Å². The summed E-state index contributed by atoms with van der Waals surface area (Å²) in [6.45, 7) is -0.0497. The number of para-hydroxylation sites is 2. The van der Waals surface area contributed by atoms with Gasteiger partial charge in [0.15, 0.2) is 5.75 Å². The molecule has 2 heterocycles. The summed E-state index contributed by atoms with van der Waals surface area (Å²) in [6.07, 6.45) is 0. The Hall–Kier alpha value is -2.74. The number of nitro groups is 1. The van der Waals surface area contributed by atoms with Crippen molar-refractivity contribution in [3.05, 3.63) is 62.0 Å².